The van der Waals surface area contributed by atoms with Gasteiger partial charge in [-0.05, 0) is 69.2 Å². The first-order valence-electron chi connectivity index (χ1n) is 10.3. The van der Waals surface area contributed by atoms with E-state index in [1.807, 2.05) is 35.1 Å². The first kappa shape index (κ1) is 25.7. The standard InChI is InChI=1S/C25H30N2O5S/c1-7-10-22(23(8-2)33(29,30)27-24(28)26-25(3,4)5)32-21-12-9-11-19(17-21)18-13-15-20(31-6)16-14-18/h7-17H,1H2,2-6H3,(H2,26,27,28)/b22-10+,23-8+. The van der Waals surface area contributed by atoms with Gasteiger partial charge in [-0.3, -0.25) is 0 Å². The van der Waals surface area contributed by atoms with Crippen LogP contribution < -0.4 is 19.5 Å². The fourth-order valence-corrected chi connectivity index (χ4v) is 3.99. The Hall–Kier alpha value is -3.52. The summed E-state index contributed by atoms with van der Waals surface area (Å²) in [6.45, 7) is 10.4. The minimum atomic E-state index is -4.21. The molecule has 0 heterocycles. The van der Waals surface area contributed by atoms with Crippen LogP contribution in [0.25, 0.3) is 11.1 Å². The zero-order valence-electron chi connectivity index (χ0n) is 19.5. The largest absolute Gasteiger partial charge is 0.497 e. The molecule has 33 heavy (non-hydrogen) atoms. The number of benzene rings is 2. The van der Waals surface area contributed by atoms with Crippen molar-refractivity contribution in [1.29, 1.82) is 0 Å². The molecule has 0 atom stereocenters. The Morgan fingerprint density at radius 1 is 1.03 bits per heavy atom. The van der Waals surface area contributed by atoms with E-state index < -0.39 is 21.6 Å². The highest BCUT2D eigenvalue weighted by atomic mass is 32.2. The van der Waals surface area contributed by atoms with E-state index in [1.165, 1.54) is 18.2 Å². The molecular formula is C25H30N2O5S. The summed E-state index contributed by atoms with van der Waals surface area (Å²) in [6, 6.07) is 13.9. The number of amides is 2. The minimum Gasteiger partial charge on any atom is -0.497 e. The summed E-state index contributed by atoms with van der Waals surface area (Å²) in [6.07, 6.45) is 4.20. The molecule has 0 spiro atoms. The van der Waals surface area contributed by atoms with Gasteiger partial charge in [0.25, 0.3) is 10.0 Å². The molecule has 2 N–H and O–H groups in total. The lowest BCUT2D eigenvalue weighted by molar-refractivity contribution is 0.237. The van der Waals surface area contributed by atoms with Crippen molar-refractivity contribution in [2.75, 3.05) is 7.11 Å². The maximum absolute atomic E-state index is 12.9. The molecule has 2 aromatic carbocycles. The van der Waals surface area contributed by atoms with Crippen molar-refractivity contribution in [3.8, 4) is 22.6 Å². The van der Waals surface area contributed by atoms with Gasteiger partial charge in [0.15, 0.2) is 0 Å². The van der Waals surface area contributed by atoms with Crippen molar-refractivity contribution in [1.82, 2.24) is 10.0 Å². The number of urea groups is 1. The van der Waals surface area contributed by atoms with E-state index in [4.69, 9.17) is 9.47 Å². The lowest BCUT2D eigenvalue weighted by Crippen LogP contribution is -2.48. The second-order valence-corrected chi connectivity index (χ2v) is 9.74. The number of methoxy groups -OCH3 is 1. The first-order valence-corrected chi connectivity index (χ1v) is 11.7. The molecule has 0 aliphatic carbocycles. The van der Waals surface area contributed by atoms with E-state index in [1.54, 1.807) is 53.0 Å². The number of nitrogens with one attached hydrogen (secondary N) is 2. The van der Waals surface area contributed by atoms with E-state index in [2.05, 4.69) is 11.9 Å². The zero-order valence-corrected chi connectivity index (χ0v) is 20.3. The number of ether oxygens (including phenoxy) is 2. The van der Waals surface area contributed by atoms with Gasteiger partial charge in [0.05, 0.1) is 7.11 Å². The fourth-order valence-electron chi connectivity index (χ4n) is 2.90. The van der Waals surface area contributed by atoms with E-state index in [9.17, 15) is 13.2 Å². The van der Waals surface area contributed by atoms with Crippen molar-refractivity contribution < 1.29 is 22.7 Å². The molecule has 0 saturated heterocycles. The summed E-state index contributed by atoms with van der Waals surface area (Å²) < 4.78 is 39.0. The number of sulfonamides is 1. The van der Waals surface area contributed by atoms with Crippen molar-refractivity contribution in [3.63, 3.8) is 0 Å². The lowest BCUT2D eigenvalue weighted by atomic mass is 10.1. The van der Waals surface area contributed by atoms with Crippen LogP contribution in [0.2, 0.25) is 0 Å². The summed E-state index contributed by atoms with van der Waals surface area (Å²) >= 11 is 0. The maximum Gasteiger partial charge on any atom is 0.329 e. The van der Waals surface area contributed by atoms with Gasteiger partial charge < -0.3 is 14.8 Å². The van der Waals surface area contributed by atoms with E-state index in [0.717, 1.165) is 16.9 Å². The van der Waals surface area contributed by atoms with Crippen LogP contribution in [0.4, 0.5) is 4.79 Å². The van der Waals surface area contributed by atoms with Crippen molar-refractivity contribution in [2.24, 2.45) is 0 Å². The quantitative estimate of drug-likeness (QED) is 0.411. The fraction of sp³-hybridized carbons (Fsp3) is 0.240. The number of carbonyl (C=O) groups excluding carboxylic acids is 1. The van der Waals surface area contributed by atoms with Gasteiger partial charge in [-0.2, -0.15) is 0 Å². The monoisotopic (exact) mass is 470 g/mol. The number of hydrogen-bond acceptors (Lipinski definition) is 5. The van der Waals surface area contributed by atoms with Gasteiger partial charge in [0.1, 0.15) is 22.2 Å². The van der Waals surface area contributed by atoms with Crippen LogP contribution in [-0.4, -0.2) is 27.1 Å². The average Bonchev–Trinajstić information content (AvgIpc) is 2.72. The Balaban J connectivity index is 2.31. The van der Waals surface area contributed by atoms with Crippen LogP contribution in [0.3, 0.4) is 0 Å². The highest BCUT2D eigenvalue weighted by molar-refractivity contribution is 7.94. The summed E-state index contributed by atoms with van der Waals surface area (Å²) in [7, 11) is -2.61. The predicted molar refractivity (Wildman–Crippen MR) is 131 cm³/mol. The van der Waals surface area contributed by atoms with Crippen LogP contribution in [0.5, 0.6) is 11.5 Å². The van der Waals surface area contributed by atoms with Gasteiger partial charge in [0.2, 0.25) is 0 Å². The van der Waals surface area contributed by atoms with E-state index >= 15 is 0 Å². The zero-order chi connectivity index (χ0) is 24.6. The van der Waals surface area contributed by atoms with Crippen molar-refractivity contribution in [3.05, 3.63) is 84.0 Å². The van der Waals surface area contributed by atoms with E-state index in [-0.39, 0.29) is 10.7 Å². The van der Waals surface area contributed by atoms with Crippen LogP contribution in [0, 0.1) is 0 Å². The second-order valence-electron chi connectivity index (χ2n) is 8.09. The third-order valence-electron chi connectivity index (χ3n) is 4.26. The molecule has 0 radical (unpaired) electrons. The van der Waals surface area contributed by atoms with Crippen LogP contribution >= 0.6 is 0 Å². The summed E-state index contributed by atoms with van der Waals surface area (Å²) in [4.78, 5) is 12.0. The molecule has 0 fully saturated rings. The summed E-state index contributed by atoms with van der Waals surface area (Å²) in [5, 5.41) is 2.56. The summed E-state index contributed by atoms with van der Waals surface area (Å²) in [5.74, 6) is 1.19. The highest BCUT2D eigenvalue weighted by Crippen LogP contribution is 2.28. The third-order valence-corrected chi connectivity index (χ3v) is 5.73. The van der Waals surface area contributed by atoms with Gasteiger partial charge in [0, 0.05) is 5.54 Å². The number of hydrogen-bond donors (Lipinski definition) is 2. The molecule has 0 aliphatic rings. The van der Waals surface area contributed by atoms with Gasteiger partial charge in [-0.15, -0.1) is 0 Å². The Kier molecular flexibility index (Phi) is 8.48. The summed E-state index contributed by atoms with van der Waals surface area (Å²) in [5.41, 5.74) is 1.21. The number of carbonyl (C=O) groups is 1. The van der Waals surface area contributed by atoms with E-state index in [0.29, 0.717) is 5.75 Å². The molecule has 0 aromatic heterocycles. The van der Waals surface area contributed by atoms with Crippen LogP contribution in [-0.2, 0) is 10.0 Å². The molecule has 0 aliphatic heterocycles. The first-order chi connectivity index (χ1) is 15.5. The SMILES string of the molecule is C=C/C=C(Oc1cccc(-c2ccc(OC)cc2)c1)\C(=C/C)S(=O)(=O)NC(=O)NC(C)(C)C. The smallest absolute Gasteiger partial charge is 0.329 e. The Bertz CT molecular complexity index is 1160. The van der Waals surface area contributed by atoms with Gasteiger partial charge in [-0.1, -0.05) is 43.0 Å². The Morgan fingerprint density at radius 2 is 1.70 bits per heavy atom. The van der Waals surface area contributed by atoms with Crippen LogP contribution in [0.1, 0.15) is 27.7 Å². The van der Waals surface area contributed by atoms with Crippen molar-refractivity contribution >= 4 is 16.1 Å². The molecular weight excluding hydrogens is 440 g/mol. The van der Waals surface area contributed by atoms with Gasteiger partial charge in [-0.25, -0.2) is 17.9 Å². The number of allylic oxidation sites excluding steroid dienone is 3. The van der Waals surface area contributed by atoms with Gasteiger partial charge >= 0.3 is 6.03 Å². The normalized spacial score (nSPS) is 12.6. The second kappa shape index (κ2) is 10.9. The minimum absolute atomic E-state index is 0.0236. The Labute approximate surface area is 195 Å². The molecule has 7 nitrogen and oxygen atoms in total. The maximum atomic E-state index is 12.9. The molecule has 2 amide bonds. The van der Waals surface area contributed by atoms with Crippen LogP contribution in [0.15, 0.2) is 84.0 Å². The highest BCUT2D eigenvalue weighted by Gasteiger charge is 2.26. The molecule has 0 unspecified atom stereocenters. The molecule has 8 heteroatoms. The average molecular weight is 471 g/mol. The topological polar surface area (TPSA) is 93.7 Å². The molecule has 0 saturated carbocycles. The van der Waals surface area contributed by atoms with Crippen molar-refractivity contribution in [2.45, 2.75) is 33.2 Å². The molecule has 0 bridgehead atoms. The third kappa shape index (κ3) is 7.54. The number of rotatable bonds is 8. The molecule has 2 aromatic rings. The molecule has 176 valence electrons. The predicted octanol–water partition coefficient (Wildman–Crippen LogP) is 5.14. The lowest BCUT2D eigenvalue weighted by Gasteiger charge is -2.21. The Morgan fingerprint density at radius 3 is 2.24 bits per heavy atom. The molecule has 2 rings (SSSR count).